The third kappa shape index (κ3) is 6.36. The van der Waals surface area contributed by atoms with Crippen molar-refractivity contribution in [2.75, 3.05) is 25.0 Å². The summed E-state index contributed by atoms with van der Waals surface area (Å²) >= 11 is 6.23. The Morgan fingerprint density at radius 3 is 2.06 bits per heavy atom. The Labute approximate surface area is 187 Å². The molecule has 1 aliphatic heterocycles. The number of halogens is 5. The van der Waals surface area contributed by atoms with Crippen molar-refractivity contribution >= 4 is 42.3 Å². The molecule has 0 amide bonds. The number of hydrogen-bond acceptors (Lipinski definition) is 1. The number of hydrogen-bond donors (Lipinski definition) is 0. The van der Waals surface area contributed by atoms with Crippen LogP contribution in [0.15, 0.2) is 48.5 Å². The summed E-state index contributed by atoms with van der Waals surface area (Å²) in [7, 11) is -1.54. The highest BCUT2D eigenvalue weighted by Crippen LogP contribution is 2.40. The van der Waals surface area contributed by atoms with E-state index in [9.17, 15) is 12.9 Å². The summed E-state index contributed by atoms with van der Waals surface area (Å²) in [5.41, 5.74) is 6.22. The molecule has 1 heterocycles. The average Bonchev–Trinajstić information content (AvgIpc) is 2.87. The third-order valence-electron chi connectivity index (χ3n) is 5.45. The molecule has 1 aliphatic rings. The zero-order valence-corrected chi connectivity index (χ0v) is 19.2. The van der Waals surface area contributed by atoms with E-state index in [0.29, 0.717) is 0 Å². The molecule has 0 fully saturated rings. The van der Waals surface area contributed by atoms with Crippen LogP contribution >= 0.6 is 11.6 Å². The van der Waals surface area contributed by atoms with E-state index in [1.807, 2.05) is 6.07 Å². The fourth-order valence-corrected chi connectivity index (χ4v) is 4.04. The van der Waals surface area contributed by atoms with Crippen LogP contribution in [0.4, 0.5) is 24.3 Å². The van der Waals surface area contributed by atoms with E-state index in [0.717, 1.165) is 18.1 Å². The van der Waals surface area contributed by atoms with Gasteiger partial charge in [0.2, 0.25) is 5.69 Å². The molecule has 168 valence electrons. The van der Waals surface area contributed by atoms with Crippen molar-refractivity contribution in [3.8, 4) is 0 Å². The lowest BCUT2D eigenvalue weighted by Gasteiger charge is -2.20. The minimum atomic E-state index is -3.67. The van der Waals surface area contributed by atoms with E-state index < -0.39 is 7.54 Å². The van der Waals surface area contributed by atoms with Crippen LogP contribution < -0.4 is 9.60 Å². The summed E-state index contributed by atoms with van der Waals surface area (Å²) in [4.78, 5) is 2.36. The van der Waals surface area contributed by atoms with Crippen LogP contribution in [0.1, 0.15) is 38.8 Å². The van der Waals surface area contributed by atoms with E-state index in [2.05, 4.69) is 92.8 Å². The summed E-state index contributed by atoms with van der Waals surface area (Å²) < 4.78 is 31.3. The first-order chi connectivity index (χ1) is 14.1. The van der Waals surface area contributed by atoms with Crippen LogP contribution in [0.25, 0.3) is 6.08 Å². The molecule has 2 aromatic rings. The molecule has 3 rings (SSSR count). The molecule has 0 aliphatic carbocycles. The number of benzene rings is 2. The fourth-order valence-electron chi connectivity index (χ4n) is 3.87. The number of allylic oxidation sites excluding steroid dienone is 1. The summed E-state index contributed by atoms with van der Waals surface area (Å²) in [6, 6.07) is 15.0. The van der Waals surface area contributed by atoms with E-state index in [4.69, 9.17) is 11.6 Å². The van der Waals surface area contributed by atoms with Crippen LogP contribution in [0, 0.1) is 0 Å². The Hall–Kier alpha value is -2.28. The second-order valence-electron chi connectivity index (χ2n) is 7.58. The maximum absolute atomic E-state index is 9.67. The molecular weight excluding hydrogens is 427 g/mol. The molecule has 31 heavy (non-hydrogen) atoms. The van der Waals surface area contributed by atoms with Gasteiger partial charge >= 0.3 is 7.54 Å². The molecule has 0 bridgehead atoms. The summed E-state index contributed by atoms with van der Waals surface area (Å²) in [6.07, 6.45) is 4.44. The molecule has 0 unspecified atom stereocenters. The average molecular weight is 455 g/mol. The van der Waals surface area contributed by atoms with E-state index in [-0.39, 0.29) is 10.1 Å². The van der Waals surface area contributed by atoms with E-state index >= 15 is 0 Å². The molecule has 2 nitrogen and oxygen atoms in total. The number of rotatable bonds is 5. The zero-order chi connectivity index (χ0) is 22.5. The molecule has 0 radical (unpaired) electrons. The molecule has 0 N–H and O–H groups in total. The van der Waals surface area contributed by atoms with Crippen LogP contribution in [0.3, 0.4) is 0 Å². The lowest BCUT2D eigenvalue weighted by Crippen LogP contribution is -3.00. The van der Waals surface area contributed by atoms with Crippen LogP contribution in [-0.2, 0) is 5.41 Å². The highest BCUT2D eigenvalue weighted by molar-refractivity contribution is 6.33. The van der Waals surface area contributed by atoms with Gasteiger partial charge in [0.1, 0.15) is 7.05 Å². The quantitative estimate of drug-likeness (QED) is 0.378. The van der Waals surface area contributed by atoms with Crippen LogP contribution in [-0.4, -0.2) is 38.0 Å². The number of anilines is 1. The Morgan fingerprint density at radius 1 is 1.00 bits per heavy atom. The Balaban J connectivity index is 0.000000885. The summed E-state index contributed by atoms with van der Waals surface area (Å²) in [5, 5.41) is 0.794. The van der Waals surface area contributed by atoms with Gasteiger partial charge in [0.25, 0.3) is 0 Å². The lowest BCUT2D eigenvalue weighted by molar-refractivity contribution is -0.401. The van der Waals surface area contributed by atoms with Crippen LogP contribution in [0.2, 0.25) is 5.02 Å². The van der Waals surface area contributed by atoms with Crippen molar-refractivity contribution in [2.45, 2.75) is 33.1 Å². The monoisotopic (exact) mass is 454 g/mol. The molecule has 0 atom stereocenters. The van der Waals surface area contributed by atoms with Crippen molar-refractivity contribution in [1.29, 1.82) is 0 Å². The zero-order valence-electron chi connectivity index (χ0n) is 18.5. The van der Waals surface area contributed by atoms with Crippen molar-refractivity contribution in [2.24, 2.45) is 0 Å². The van der Waals surface area contributed by atoms with Gasteiger partial charge in [0.15, 0.2) is 5.71 Å². The van der Waals surface area contributed by atoms with Gasteiger partial charge in [-0.1, -0.05) is 23.7 Å². The van der Waals surface area contributed by atoms with Gasteiger partial charge < -0.3 is 9.60 Å². The Morgan fingerprint density at radius 2 is 1.55 bits per heavy atom. The highest BCUT2D eigenvalue weighted by Gasteiger charge is 2.42. The molecular formula is C23H28BClF4N2. The number of nitrogens with zero attached hydrogens (tertiary/aromatic N) is 2. The maximum Gasteiger partial charge on any atom is 0.762 e. The summed E-state index contributed by atoms with van der Waals surface area (Å²) in [6.45, 7) is 11.0. The van der Waals surface area contributed by atoms with Gasteiger partial charge in [-0.05, 0) is 63.6 Å². The third-order valence-corrected chi connectivity index (χ3v) is 5.69. The van der Waals surface area contributed by atoms with Crippen molar-refractivity contribution in [3.05, 3.63) is 64.7 Å². The fraction of sp³-hybridized carbons (Fsp3) is 0.348. The van der Waals surface area contributed by atoms with Gasteiger partial charge in [-0.15, -0.1) is 0 Å². The first-order valence-electron chi connectivity index (χ1n) is 9.98. The van der Waals surface area contributed by atoms with E-state index in [1.54, 1.807) is 0 Å². The molecule has 2 aromatic carbocycles. The van der Waals surface area contributed by atoms with Gasteiger partial charge in [0, 0.05) is 41.5 Å². The SMILES string of the molecule is CCN(CC)c1ccc(C=CC2=[N+](C)c3ccc(Cl)cc3C2(C)C)cc1.FB(F)F.[F-]. The summed E-state index contributed by atoms with van der Waals surface area (Å²) in [5.74, 6) is 0. The normalized spacial score (nSPS) is 14.0. The highest BCUT2D eigenvalue weighted by atomic mass is 35.5. The second-order valence-corrected chi connectivity index (χ2v) is 8.01. The standard InChI is InChI=1S/C23H28ClN2.BF3.FH/c1-6-26(7-2)19-12-8-17(9-13-19)10-15-22-23(3,4)20-16-18(24)11-14-21(20)25(22)5;2-1(3)4;/h8-16H,6-7H2,1-5H3;;1H/q+1;;/p-1. The number of fused-ring (bicyclic) bond motifs is 1. The maximum atomic E-state index is 9.67. The van der Waals surface area contributed by atoms with Gasteiger partial charge in [0.05, 0.1) is 5.41 Å². The minimum Gasteiger partial charge on any atom is -1.00 e. The minimum absolute atomic E-state index is 0. The molecule has 0 saturated heterocycles. The van der Waals surface area contributed by atoms with Crippen molar-refractivity contribution in [1.82, 2.24) is 0 Å². The van der Waals surface area contributed by atoms with Crippen molar-refractivity contribution < 1.29 is 22.2 Å². The van der Waals surface area contributed by atoms with Crippen molar-refractivity contribution in [3.63, 3.8) is 0 Å². The largest absolute Gasteiger partial charge is 1.00 e. The second kappa shape index (κ2) is 11.4. The Kier molecular flexibility index (Phi) is 9.82. The predicted octanol–water partition coefficient (Wildman–Crippen LogP) is 3.79. The molecule has 0 aromatic heterocycles. The topological polar surface area (TPSA) is 6.25 Å². The van der Waals surface area contributed by atoms with E-state index in [1.165, 1.54) is 28.2 Å². The molecule has 0 spiro atoms. The lowest BCUT2D eigenvalue weighted by atomic mass is 9.81. The van der Waals surface area contributed by atoms with Gasteiger partial charge in [-0.3, -0.25) is 12.9 Å². The smallest absolute Gasteiger partial charge is 0.762 e. The first kappa shape index (κ1) is 26.8. The predicted molar refractivity (Wildman–Crippen MR) is 123 cm³/mol. The Bertz CT molecular complexity index is 921. The first-order valence-corrected chi connectivity index (χ1v) is 10.4. The molecule has 0 saturated carbocycles. The van der Waals surface area contributed by atoms with Gasteiger partial charge in [-0.25, -0.2) is 0 Å². The molecule has 8 heteroatoms. The van der Waals surface area contributed by atoms with Crippen LogP contribution in [0.5, 0.6) is 0 Å². The van der Waals surface area contributed by atoms with Gasteiger partial charge in [-0.2, -0.15) is 4.58 Å².